The van der Waals surface area contributed by atoms with Gasteiger partial charge in [0.1, 0.15) is 0 Å². The van der Waals surface area contributed by atoms with Crippen molar-refractivity contribution in [1.82, 2.24) is 5.32 Å². The lowest BCUT2D eigenvalue weighted by atomic mass is 9.85. The number of hydrogen-bond donors (Lipinski definition) is 2. The normalized spacial score (nSPS) is 20.0. The van der Waals surface area contributed by atoms with E-state index in [1.165, 1.54) is 18.4 Å². The minimum Gasteiger partial charge on any atom is -0.326 e. The van der Waals surface area contributed by atoms with Gasteiger partial charge < -0.3 is 10.6 Å². The fourth-order valence-corrected chi connectivity index (χ4v) is 3.41. The highest BCUT2D eigenvalue weighted by molar-refractivity contribution is 7.97. The second-order valence-corrected chi connectivity index (χ2v) is 6.83. The van der Waals surface area contributed by atoms with Gasteiger partial charge in [-0.1, -0.05) is 19.1 Å². The van der Waals surface area contributed by atoms with Gasteiger partial charge in [-0.3, -0.25) is 4.79 Å². The molecule has 1 fully saturated rings. The Kier molecular flexibility index (Phi) is 6.58. The number of carbonyl (C=O) groups is 1. The van der Waals surface area contributed by atoms with E-state index in [4.69, 9.17) is 0 Å². The first-order valence-electron chi connectivity index (χ1n) is 7.77. The number of nitrogens with one attached hydrogen (secondary N) is 2. The van der Waals surface area contributed by atoms with E-state index >= 15 is 0 Å². The van der Waals surface area contributed by atoms with Gasteiger partial charge in [0.25, 0.3) is 0 Å². The molecule has 1 aliphatic rings. The zero-order valence-corrected chi connectivity index (χ0v) is 13.8. The van der Waals surface area contributed by atoms with Crippen molar-refractivity contribution in [3.8, 4) is 0 Å². The van der Waals surface area contributed by atoms with Crippen LogP contribution in [-0.4, -0.2) is 25.3 Å². The summed E-state index contributed by atoms with van der Waals surface area (Å²) in [5.74, 6) is 2.22. The first-order valence-corrected chi connectivity index (χ1v) is 9.17. The molecule has 2 rings (SSSR count). The molecule has 116 valence electrons. The highest BCUT2D eigenvalue weighted by Crippen LogP contribution is 2.23. The van der Waals surface area contributed by atoms with Crippen LogP contribution >= 0.6 is 11.8 Å². The van der Waals surface area contributed by atoms with Crippen LogP contribution in [0.3, 0.4) is 0 Å². The molecule has 21 heavy (non-hydrogen) atoms. The van der Waals surface area contributed by atoms with Crippen LogP contribution in [0.25, 0.3) is 0 Å². The van der Waals surface area contributed by atoms with E-state index in [1.54, 1.807) is 11.8 Å². The predicted octanol–water partition coefficient (Wildman–Crippen LogP) is 3.51. The molecule has 1 heterocycles. The largest absolute Gasteiger partial charge is 0.326 e. The van der Waals surface area contributed by atoms with E-state index in [1.807, 2.05) is 12.1 Å². The third kappa shape index (κ3) is 5.36. The second-order valence-electron chi connectivity index (χ2n) is 5.97. The van der Waals surface area contributed by atoms with Crippen LogP contribution in [0.5, 0.6) is 0 Å². The lowest BCUT2D eigenvalue weighted by molar-refractivity contribution is -0.117. The van der Waals surface area contributed by atoms with Crippen molar-refractivity contribution in [3.63, 3.8) is 0 Å². The molecule has 2 N–H and O–H groups in total. The first kappa shape index (κ1) is 16.4. The summed E-state index contributed by atoms with van der Waals surface area (Å²) in [6.45, 7) is 4.37. The second kappa shape index (κ2) is 8.44. The average Bonchev–Trinajstić information content (AvgIpc) is 2.50. The Bertz CT molecular complexity index is 441. The van der Waals surface area contributed by atoms with Crippen molar-refractivity contribution in [2.24, 2.45) is 11.8 Å². The number of benzene rings is 1. The molecule has 1 aromatic carbocycles. The Morgan fingerprint density at radius 1 is 1.43 bits per heavy atom. The molecule has 1 saturated heterocycles. The van der Waals surface area contributed by atoms with Gasteiger partial charge in [0.15, 0.2) is 0 Å². The van der Waals surface area contributed by atoms with Crippen LogP contribution in [0.4, 0.5) is 5.69 Å². The zero-order valence-electron chi connectivity index (χ0n) is 13.0. The standard InChI is InChI=1S/C17H26N2OS/c1-13(15-4-3-9-18-11-15)10-17(20)19-16-7-5-14(6-8-16)12-21-2/h5-8,13,15,18H,3-4,9-12H2,1-2H3,(H,19,20). The summed E-state index contributed by atoms with van der Waals surface area (Å²) in [7, 11) is 0. The van der Waals surface area contributed by atoms with Gasteiger partial charge in [-0.05, 0) is 61.7 Å². The predicted molar refractivity (Wildman–Crippen MR) is 91.7 cm³/mol. The van der Waals surface area contributed by atoms with Crippen molar-refractivity contribution in [2.45, 2.75) is 31.9 Å². The molecule has 1 amide bonds. The maximum absolute atomic E-state index is 12.1. The Morgan fingerprint density at radius 3 is 2.81 bits per heavy atom. The van der Waals surface area contributed by atoms with Crippen molar-refractivity contribution in [2.75, 3.05) is 24.7 Å². The molecule has 1 aliphatic heterocycles. The lowest BCUT2D eigenvalue weighted by Gasteiger charge is -2.28. The van der Waals surface area contributed by atoms with E-state index in [0.29, 0.717) is 18.3 Å². The molecule has 1 aromatic rings. The molecule has 2 unspecified atom stereocenters. The van der Waals surface area contributed by atoms with Crippen molar-refractivity contribution in [1.29, 1.82) is 0 Å². The molecule has 0 aliphatic carbocycles. The van der Waals surface area contributed by atoms with E-state index < -0.39 is 0 Å². The maximum Gasteiger partial charge on any atom is 0.224 e. The van der Waals surface area contributed by atoms with Gasteiger partial charge in [-0.2, -0.15) is 11.8 Å². The summed E-state index contributed by atoms with van der Waals surface area (Å²) in [6, 6.07) is 8.16. The van der Waals surface area contributed by atoms with Gasteiger partial charge in [0.2, 0.25) is 5.91 Å². The maximum atomic E-state index is 12.1. The van der Waals surface area contributed by atoms with E-state index in [-0.39, 0.29) is 5.91 Å². The molecule has 3 nitrogen and oxygen atoms in total. The Labute approximate surface area is 132 Å². The SMILES string of the molecule is CSCc1ccc(NC(=O)CC(C)C2CCCNC2)cc1. The minimum absolute atomic E-state index is 0.130. The third-order valence-corrected chi connectivity index (χ3v) is 4.82. The number of anilines is 1. The summed E-state index contributed by atoms with van der Waals surface area (Å²) in [5.41, 5.74) is 2.20. The number of amides is 1. The third-order valence-electron chi connectivity index (χ3n) is 4.20. The van der Waals surface area contributed by atoms with Gasteiger partial charge in [0, 0.05) is 17.9 Å². The molecular formula is C17H26N2OS. The molecule has 4 heteroatoms. The summed E-state index contributed by atoms with van der Waals surface area (Å²) < 4.78 is 0. The molecule has 0 saturated carbocycles. The van der Waals surface area contributed by atoms with Crippen LogP contribution in [0.1, 0.15) is 31.7 Å². The Morgan fingerprint density at radius 2 is 2.19 bits per heavy atom. The monoisotopic (exact) mass is 306 g/mol. The van der Waals surface area contributed by atoms with E-state index in [0.717, 1.165) is 24.5 Å². The molecule has 0 bridgehead atoms. The summed E-state index contributed by atoms with van der Waals surface area (Å²) in [5, 5.41) is 6.44. The van der Waals surface area contributed by atoms with Crippen LogP contribution < -0.4 is 10.6 Å². The number of hydrogen-bond acceptors (Lipinski definition) is 3. The summed E-state index contributed by atoms with van der Waals surface area (Å²) in [4.78, 5) is 12.1. The number of piperidine rings is 1. The fraction of sp³-hybridized carbons (Fsp3) is 0.588. The first-order chi connectivity index (χ1) is 10.2. The smallest absolute Gasteiger partial charge is 0.224 e. The fourth-order valence-electron chi connectivity index (χ4n) is 2.89. The molecule has 2 atom stereocenters. The van der Waals surface area contributed by atoms with Crippen LogP contribution in [-0.2, 0) is 10.5 Å². The van der Waals surface area contributed by atoms with Crippen LogP contribution in [0.15, 0.2) is 24.3 Å². The van der Waals surface area contributed by atoms with Crippen LogP contribution in [0.2, 0.25) is 0 Å². The Balaban J connectivity index is 1.80. The van der Waals surface area contributed by atoms with Crippen molar-refractivity contribution < 1.29 is 4.79 Å². The average molecular weight is 306 g/mol. The van der Waals surface area contributed by atoms with Crippen molar-refractivity contribution >= 4 is 23.4 Å². The molecular weight excluding hydrogens is 280 g/mol. The molecule has 0 aromatic heterocycles. The molecule has 0 spiro atoms. The molecule has 0 radical (unpaired) electrons. The van der Waals surface area contributed by atoms with E-state index in [2.05, 4.69) is 35.9 Å². The highest BCUT2D eigenvalue weighted by Gasteiger charge is 2.21. The van der Waals surface area contributed by atoms with Gasteiger partial charge in [0.05, 0.1) is 0 Å². The highest BCUT2D eigenvalue weighted by atomic mass is 32.2. The van der Waals surface area contributed by atoms with Crippen molar-refractivity contribution in [3.05, 3.63) is 29.8 Å². The Hall–Kier alpha value is -1.00. The lowest BCUT2D eigenvalue weighted by Crippen LogP contribution is -2.34. The summed E-state index contributed by atoms with van der Waals surface area (Å²) in [6.07, 6.45) is 5.18. The zero-order chi connectivity index (χ0) is 15.1. The number of thioether (sulfide) groups is 1. The number of rotatable bonds is 6. The number of carbonyl (C=O) groups excluding carboxylic acids is 1. The van der Waals surface area contributed by atoms with Gasteiger partial charge in [-0.15, -0.1) is 0 Å². The summed E-state index contributed by atoms with van der Waals surface area (Å²) >= 11 is 1.81. The van der Waals surface area contributed by atoms with Crippen LogP contribution in [0, 0.1) is 11.8 Å². The quantitative estimate of drug-likeness (QED) is 0.845. The van der Waals surface area contributed by atoms with E-state index in [9.17, 15) is 4.79 Å². The van der Waals surface area contributed by atoms with Gasteiger partial charge >= 0.3 is 0 Å². The topological polar surface area (TPSA) is 41.1 Å². The van der Waals surface area contributed by atoms with Gasteiger partial charge in [-0.25, -0.2) is 0 Å². The minimum atomic E-state index is 0.130.